The number of nitrogens with one attached hydrogen (secondary N) is 1. The van der Waals surface area contributed by atoms with Crippen molar-refractivity contribution < 1.29 is 18.7 Å². The second kappa shape index (κ2) is 11.2. The van der Waals surface area contributed by atoms with Gasteiger partial charge in [0.25, 0.3) is 0 Å². The number of anilines is 1. The molecule has 0 aliphatic carbocycles. The highest BCUT2D eigenvalue weighted by Crippen LogP contribution is 2.24. The van der Waals surface area contributed by atoms with Crippen LogP contribution < -0.4 is 15.0 Å². The number of hydrogen-bond acceptors (Lipinski definition) is 4. The lowest BCUT2D eigenvalue weighted by Gasteiger charge is -2.32. The molecule has 2 unspecified atom stereocenters. The summed E-state index contributed by atoms with van der Waals surface area (Å²) in [5.41, 5.74) is 1.02. The topological polar surface area (TPSA) is 61.9 Å². The Kier molecular flexibility index (Phi) is 7.81. The predicted molar refractivity (Wildman–Crippen MR) is 126 cm³/mol. The highest BCUT2D eigenvalue weighted by molar-refractivity contribution is 5.81. The third kappa shape index (κ3) is 6.46. The van der Waals surface area contributed by atoms with E-state index in [1.165, 1.54) is 12.1 Å². The number of nitrogens with zero attached hydrogens (tertiary/aromatic N) is 2. The number of hydrogen-bond donors (Lipinski definition) is 1. The van der Waals surface area contributed by atoms with Gasteiger partial charge in [0, 0.05) is 38.4 Å². The molecule has 2 aliphatic heterocycles. The van der Waals surface area contributed by atoms with Crippen molar-refractivity contribution in [2.45, 2.75) is 25.7 Å². The molecule has 2 aromatic carbocycles. The van der Waals surface area contributed by atoms with Crippen molar-refractivity contribution in [3.8, 4) is 5.75 Å². The average Bonchev–Trinajstić information content (AvgIpc) is 3.33. The maximum atomic E-state index is 13.1. The lowest BCUT2D eigenvalue weighted by atomic mass is 9.96. The van der Waals surface area contributed by atoms with Crippen LogP contribution in [-0.2, 0) is 9.59 Å². The van der Waals surface area contributed by atoms with Crippen molar-refractivity contribution in [3.05, 3.63) is 60.4 Å². The smallest absolute Gasteiger partial charge is 0.226 e. The molecule has 7 heteroatoms. The summed E-state index contributed by atoms with van der Waals surface area (Å²) in [6.45, 7) is 3.89. The van der Waals surface area contributed by atoms with Crippen molar-refractivity contribution in [1.29, 1.82) is 0 Å². The van der Waals surface area contributed by atoms with Crippen molar-refractivity contribution >= 4 is 17.5 Å². The number of rotatable bonds is 8. The molecule has 2 atom stereocenters. The van der Waals surface area contributed by atoms with Gasteiger partial charge < -0.3 is 19.9 Å². The minimum Gasteiger partial charge on any atom is -0.493 e. The molecule has 33 heavy (non-hydrogen) atoms. The van der Waals surface area contributed by atoms with Crippen LogP contribution >= 0.6 is 0 Å². The first-order valence-electron chi connectivity index (χ1n) is 11.8. The number of para-hydroxylation sites is 1. The Labute approximate surface area is 194 Å². The Bertz CT molecular complexity index is 922. The number of ether oxygens (including phenoxy) is 1. The summed E-state index contributed by atoms with van der Waals surface area (Å²) in [5.74, 6) is 0.807. The first-order valence-corrected chi connectivity index (χ1v) is 11.8. The second-order valence-electron chi connectivity index (χ2n) is 8.91. The summed E-state index contributed by atoms with van der Waals surface area (Å²) < 4.78 is 18.8. The van der Waals surface area contributed by atoms with E-state index in [0.717, 1.165) is 43.8 Å². The van der Waals surface area contributed by atoms with Crippen LogP contribution in [0.5, 0.6) is 5.75 Å². The van der Waals surface area contributed by atoms with E-state index < -0.39 is 0 Å². The van der Waals surface area contributed by atoms with E-state index in [9.17, 15) is 14.0 Å². The molecule has 2 amide bonds. The van der Waals surface area contributed by atoms with Crippen LogP contribution in [0.4, 0.5) is 10.1 Å². The van der Waals surface area contributed by atoms with Crippen LogP contribution in [-0.4, -0.2) is 56.0 Å². The van der Waals surface area contributed by atoms with Crippen LogP contribution in [0.3, 0.4) is 0 Å². The van der Waals surface area contributed by atoms with E-state index in [1.807, 2.05) is 30.3 Å². The Morgan fingerprint density at radius 3 is 2.58 bits per heavy atom. The van der Waals surface area contributed by atoms with E-state index >= 15 is 0 Å². The maximum absolute atomic E-state index is 13.1. The molecule has 0 aromatic heterocycles. The third-order valence-electron chi connectivity index (χ3n) is 6.52. The zero-order chi connectivity index (χ0) is 23.0. The molecule has 6 nitrogen and oxygen atoms in total. The van der Waals surface area contributed by atoms with Gasteiger partial charge >= 0.3 is 0 Å². The Morgan fingerprint density at radius 2 is 1.79 bits per heavy atom. The predicted octanol–water partition coefficient (Wildman–Crippen LogP) is 3.48. The fourth-order valence-corrected chi connectivity index (χ4v) is 4.62. The van der Waals surface area contributed by atoms with Crippen LogP contribution in [0.15, 0.2) is 54.6 Å². The van der Waals surface area contributed by atoms with E-state index in [4.69, 9.17) is 4.74 Å². The largest absolute Gasteiger partial charge is 0.493 e. The van der Waals surface area contributed by atoms with E-state index in [-0.39, 0.29) is 23.5 Å². The Morgan fingerprint density at radius 1 is 1.00 bits per heavy atom. The van der Waals surface area contributed by atoms with E-state index in [1.54, 1.807) is 17.0 Å². The van der Waals surface area contributed by atoms with Crippen molar-refractivity contribution in [3.63, 3.8) is 0 Å². The molecule has 2 aliphatic rings. The van der Waals surface area contributed by atoms with Gasteiger partial charge in [-0.05, 0) is 61.6 Å². The first-order chi connectivity index (χ1) is 16.1. The van der Waals surface area contributed by atoms with Gasteiger partial charge in [-0.3, -0.25) is 9.59 Å². The van der Waals surface area contributed by atoms with Gasteiger partial charge in [0.05, 0.1) is 18.9 Å². The van der Waals surface area contributed by atoms with E-state index in [0.29, 0.717) is 38.6 Å². The molecule has 0 spiro atoms. The van der Waals surface area contributed by atoms with Crippen LogP contribution in [0, 0.1) is 17.7 Å². The Hall–Kier alpha value is -3.09. The van der Waals surface area contributed by atoms with Crippen molar-refractivity contribution in [2.24, 2.45) is 11.8 Å². The number of benzene rings is 2. The third-order valence-corrected chi connectivity index (χ3v) is 6.52. The van der Waals surface area contributed by atoms with Gasteiger partial charge in [-0.25, -0.2) is 4.39 Å². The maximum Gasteiger partial charge on any atom is 0.226 e. The molecule has 0 saturated carbocycles. The number of piperidine rings is 1. The van der Waals surface area contributed by atoms with E-state index in [2.05, 4.69) is 10.2 Å². The van der Waals surface area contributed by atoms with Gasteiger partial charge in [0.2, 0.25) is 11.8 Å². The summed E-state index contributed by atoms with van der Waals surface area (Å²) in [6.07, 6.45) is 2.95. The molecule has 2 heterocycles. The van der Waals surface area contributed by atoms with Gasteiger partial charge in [0.15, 0.2) is 0 Å². The summed E-state index contributed by atoms with van der Waals surface area (Å²) in [4.78, 5) is 29.4. The highest BCUT2D eigenvalue weighted by Gasteiger charge is 2.29. The normalized spacial score (nSPS) is 20.5. The summed E-state index contributed by atoms with van der Waals surface area (Å²) in [6, 6.07) is 16.0. The molecule has 176 valence electrons. The zero-order valence-electron chi connectivity index (χ0n) is 18.9. The Balaban J connectivity index is 1.18. The quantitative estimate of drug-likeness (QED) is 0.665. The minimum atomic E-state index is -0.231. The standard InChI is InChI=1S/C26H32FN3O3/c27-22-8-10-23(11-9-22)29-15-12-20(18-29)17-28-26(32)21-5-4-14-30(19-21)25(31)13-16-33-24-6-2-1-3-7-24/h1-3,6-11,20-21H,4-5,12-19H2,(H,28,32). The number of carbonyl (C=O) groups is 2. The monoisotopic (exact) mass is 453 g/mol. The summed E-state index contributed by atoms with van der Waals surface area (Å²) in [5, 5.41) is 3.11. The average molecular weight is 454 g/mol. The molecular formula is C26H32FN3O3. The fourth-order valence-electron chi connectivity index (χ4n) is 4.62. The van der Waals surface area contributed by atoms with Crippen molar-refractivity contribution in [1.82, 2.24) is 10.2 Å². The SMILES string of the molecule is O=C(NCC1CCN(c2ccc(F)cc2)C1)C1CCCN(C(=O)CCOc2ccccc2)C1. The van der Waals surface area contributed by atoms with Crippen LogP contribution in [0.25, 0.3) is 0 Å². The molecule has 4 rings (SSSR count). The lowest BCUT2D eigenvalue weighted by molar-refractivity contribution is -0.136. The number of likely N-dealkylation sites (tertiary alicyclic amines) is 1. The van der Waals surface area contributed by atoms with Crippen LogP contribution in [0.1, 0.15) is 25.7 Å². The minimum absolute atomic E-state index is 0.0354. The fraction of sp³-hybridized carbons (Fsp3) is 0.462. The van der Waals surface area contributed by atoms with Gasteiger partial charge in [-0.2, -0.15) is 0 Å². The molecule has 2 saturated heterocycles. The first kappa shape index (κ1) is 23.1. The van der Waals surface area contributed by atoms with Gasteiger partial charge in [-0.1, -0.05) is 18.2 Å². The van der Waals surface area contributed by atoms with Gasteiger partial charge in [-0.15, -0.1) is 0 Å². The molecule has 0 radical (unpaired) electrons. The molecule has 0 bridgehead atoms. The zero-order valence-corrected chi connectivity index (χ0v) is 18.9. The molecule has 1 N–H and O–H groups in total. The van der Waals surface area contributed by atoms with Gasteiger partial charge in [0.1, 0.15) is 11.6 Å². The van der Waals surface area contributed by atoms with Crippen LogP contribution in [0.2, 0.25) is 0 Å². The second-order valence-corrected chi connectivity index (χ2v) is 8.91. The summed E-state index contributed by atoms with van der Waals surface area (Å²) in [7, 11) is 0. The number of halogens is 1. The summed E-state index contributed by atoms with van der Waals surface area (Å²) >= 11 is 0. The number of carbonyl (C=O) groups excluding carboxylic acids is 2. The molecular weight excluding hydrogens is 421 g/mol. The lowest BCUT2D eigenvalue weighted by Crippen LogP contribution is -2.46. The number of amides is 2. The highest BCUT2D eigenvalue weighted by atomic mass is 19.1. The van der Waals surface area contributed by atoms with Crippen molar-refractivity contribution in [2.75, 3.05) is 44.2 Å². The molecule has 2 fully saturated rings. The molecule has 2 aromatic rings.